The van der Waals surface area contributed by atoms with E-state index < -0.39 is 24.8 Å². The SMILES string of the molecule is CCOc1cc(N2CCC(N3CCN(CCCc4cc(OC)cc5c4oc(=O)n5C4CCC(=O)NC4=O)CC3)CC2)c(CC)cc1Nc1ncc(Br)c(Nc2ccc3c(=O)n(CC)ncc3c2P(C)(C)=O)n1. The monoisotopic (exact) mass is 1070 g/mol. The third kappa shape index (κ3) is 10.5. The molecule has 2 amide bonds. The van der Waals surface area contributed by atoms with E-state index >= 15 is 0 Å². The molecule has 19 nitrogen and oxygen atoms in total. The van der Waals surface area contributed by atoms with Crippen LogP contribution >= 0.6 is 23.1 Å². The summed E-state index contributed by atoms with van der Waals surface area (Å²) in [7, 11) is -1.34. The zero-order chi connectivity index (χ0) is 50.8. The summed E-state index contributed by atoms with van der Waals surface area (Å²) in [6.45, 7) is 17.0. The van der Waals surface area contributed by atoms with E-state index in [9.17, 15) is 23.7 Å². The Morgan fingerprint density at radius 3 is 2.38 bits per heavy atom. The first kappa shape index (κ1) is 50.8. The molecule has 0 saturated carbocycles. The Hall–Kier alpha value is -6.08. The van der Waals surface area contributed by atoms with Gasteiger partial charge in [-0.05, 0) is 118 Å². The summed E-state index contributed by atoms with van der Waals surface area (Å²) in [5.41, 5.74) is 5.26. The number of methoxy groups -OCH3 is 1. The van der Waals surface area contributed by atoms with Crippen LogP contribution in [0.25, 0.3) is 21.9 Å². The maximum absolute atomic E-state index is 13.8. The molecule has 1 atom stereocenters. The molecule has 3 aromatic heterocycles. The average Bonchev–Trinajstić information content (AvgIpc) is 3.70. The number of nitrogens with one attached hydrogen (secondary N) is 3. The number of aryl methyl sites for hydroxylation is 3. The molecule has 3 aromatic carbocycles. The van der Waals surface area contributed by atoms with Crippen molar-refractivity contribution in [3.63, 3.8) is 0 Å². The highest BCUT2D eigenvalue weighted by Crippen LogP contribution is 2.42. The van der Waals surface area contributed by atoms with Gasteiger partial charge in [0.1, 0.15) is 30.5 Å². The molecule has 9 rings (SSSR count). The van der Waals surface area contributed by atoms with Crippen LogP contribution in [-0.2, 0) is 33.5 Å². The third-order valence-electron chi connectivity index (χ3n) is 14.1. The van der Waals surface area contributed by atoms with Crippen molar-refractivity contribution in [3.8, 4) is 11.5 Å². The standard InChI is InChI=1S/C51H63BrN11O8P/c1-7-31-26-39(56-50-53-30-37(52)47(58-50)55-38-13-12-35-36(46(38)72(5,6)68)29-54-62(8-2)49(35)66)43(70-9-3)28-41(31)61-19-16-33(17-20-61)60-23-21-59(22-24-60)18-10-11-32-25-34(69-4)27-42-45(32)71-51(67)63(42)40-14-15-44(64)57-48(40)65/h12-13,25-30,33,40H,7-11,14-24H2,1-6H3,(H,57,64,65)(H2,53,55,56,58). The van der Waals surface area contributed by atoms with Gasteiger partial charge in [0, 0.05) is 98.5 Å². The number of piperidine rings is 2. The maximum Gasteiger partial charge on any atom is 0.420 e. The molecule has 3 saturated heterocycles. The zero-order valence-corrected chi connectivity index (χ0v) is 44.2. The fourth-order valence-electron chi connectivity index (χ4n) is 10.5. The van der Waals surface area contributed by atoms with E-state index in [1.54, 1.807) is 51.0 Å². The largest absolute Gasteiger partial charge is 0.497 e. The van der Waals surface area contributed by atoms with Gasteiger partial charge in [-0.25, -0.2) is 14.5 Å². The van der Waals surface area contributed by atoms with Gasteiger partial charge in [0.2, 0.25) is 17.8 Å². The molecule has 382 valence electrons. The molecular formula is C51H63BrN11O8P. The normalized spacial score (nSPS) is 17.4. The molecule has 0 bridgehead atoms. The molecule has 72 heavy (non-hydrogen) atoms. The number of hydrogen-bond acceptors (Lipinski definition) is 16. The van der Waals surface area contributed by atoms with Crippen molar-refractivity contribution >= 4 is 90.9 Å². The van der Waals surface area contributed by atoms with E-state index in [4.69, 9.17) is 18.9 Å². The van der Waals surface area contributed by atoms with Gasteiger partial charge in [-0.3, -0.25) is 29.2 Å². The lowest BCUT2D eigenvalue weighted by Gasteiger charge is -2.43. The van der Waals surface area contributed by atoms with Gasteiger partial charge in [0.25, 0.3) is 5.56 Å². The number of carbonyl (C=O) groups excluding carboxylic acids is 2. The Kier molecular flexibility index (Phi) is 15.2. The summed E-state index contributed by atoms with van der Waals surface area (Å²) in [4.78, 5) is 67.8. The Balaban J connectivity index is 0.818. The third-order valence-corrected chi connectivity index (χ3v) is 16.3. The highest BCUT2D eigenvalue weighted by molar-refractivity contribution is 9.10. The minimum absolute atomic E-state index is 0.156. The quantitative estimate of drug-likeness (QED) is 0.0635. The zero-order valence-electron chi connectivity index (χ0n) is 41.8. The van der Waals surface area contributed by atoms with E-state index in [2.05, 4.69) is 75.7 Å². The number of amides is 2. The topological polar surface area (TPSA) is 211 Å². The molecule has 3 aliphatic rings. The Bertz CT molecular complexity index is 3190. The van der Waals surface area contributed by atoms with Gasteiger partial charge in [0.05, 0.1) is 46.7 Å². The second kappa shape index (κ2) is 21.6. The van der Waals surface area contributed by atoms with Gasteiger partial charge >= 0.3 is 5.76 Å². The number of benzene rings is 3. The fourth-order valence-corrected chi connectivity index (χ4v) is 12.3. The first-order chi connectivity index (χ1) is 34.7. The van der Waals surface area contributed by atoms with E-state index in [1.165, 1.54) is 20.5 Å². The van der Waals surface area contributed by atoms with Crippen LogP contribution < -0.4 is 46.9 Å². The molecule has 6 aromatic rings. The predicted molar refractivity (Wildman–Crippen MR) is 284 cm³/mol. The number of halogens is 1. The number of aromatic nitrogens is 5. The van der Waals surface area contributed by atoms with Crippen LogP contribution in [0.5, 0.6) is 11.5 Å². The second-order valence-corrected chi connectivity index (χ2v) is 23.0. The smallest absolute Gasteiger partial charge is 0.420 e. The predicted octanol–water partition coefficient (Wildman–Crippen LogP) is 6.78. The van der Waals surface area contributed by atoms with Crippen LogP contribution in [0.15, 0.2) is 67.3 Å². The van der Waals surface area contributed by atoms with Crippen LogP contribution in [-0.4, -0.2) is 125 Å². The molecule has 3 aliphatic heterocycles. The number of anilines is 5. The Morgan fingerprint density at radius 2 is 1.68 bits per heavy atom. The Labute approximate surface area is 426 Å². The summed E-state index contributed by atoms with van der Waals surface area (Å²) >= 11 is 3.60. The molecule has 0 radical (unpaired) electrons. The minimum atomic E-state index is -2.92. The van der Waals surface area contributed by atoms with Crippen LogP contribution in [0.2, 0.25) is 0 Å². The summed E-state index contributed by atoms with van der Waals surface area (Å²) in [6, 6.07) is 11.1. The number of piperazine rings is 1. The molecule has 1 unspecified atom stereocenters. The van der Waals surface area contributed by atoms with E-state index in [1.807, 2.05) is 19.9 Å². The fraction of sp³-hybridized carbons (Fsp3) is 0.471. The average molecular weight is 1070 g/mol. The second-order valence-electron chi connectivity index (χ2n) is 19.0. The summed E-state index contributed by atoms with van der Waals surface area (Å²) in [5, 5.41) is 15.0. The first-order valence-electron chi connectivity index (χ1n) is 24.9. The number of fused-ring (bicyclic) bond motifs is 2. The number of carbonyl (C=O) groups is 2. The van der Waals surface area contributed by atoms with Crippen molar-refractivity contribution in [2.45, 2.75) is 84.3 Å². The number of rotatable bonds is 17. The lowest BCUT2D eigenvalue weighted by molar-refractivity contribution is -0.135. The molecule has 3 fully saturated rings. The molecule has 3 N–H and O–H groups in total. The van der Waals surface area contributed by atoms with Gasteiger partial charge in [-0.1, -0.05) is 6.92 Å². The van der Waals surface area contributed by atoms with Gasteiger partial charge in [-0.2, -0.15) is 10.1 Å². The first-order valence-corrected chi connectivity index (χ1v) is 28.3. The van der Waals surface area contributed by atoms with Crippen molar-refractivity contribution in [1.29, 1.82) is 0 Å². The van der Waals surface area contributed by atoms with E-state index in [0.717, 1.165) is 82.7 Å². The van der Waals surface area contributed by atoms with Gasteiger partial charge in [-0.15, -0.1) is 0 Å². The van der Waals surface area contributed by atoms with Crippen molar-refractivity contribution in [3.05, 3.63) is 85.3 Å². The van der Waals surface area contributed by atoms with Crippen LogP contribution in [0.4, 0.5) is 28.8 Å². The summed E-state index contributed by atoms with van der Waals surface area (Å²) in [6.07, 6.45) is 8.13. The number of ether oxygens (including phenoxy) is 2. The van der Waals surface area contributed by atoms with Crippen molar-refractivity contribution in [2.24, 2.45) is 0 Å². The van der Waals surface area contributed by atoms with Crippen molar-refractivity contribution in [1.82, 2.24) is 39.4 Å². The highest BCUT2D eigenvalue weighted by Gasteiger charge is 2.33. The molecule has 21 heteroatoms. The lowest BCUT2D eigenvalue weighted by atomic mass is 9.99. The summed E-state index contributed by atoms with van der Waals surface area (Å²) < 4.78 is 34.7. The number of nitrogens with zero attached hydrogens (tertiary/aromatic N) is 8. The molecular weight excluding hydrogens is 1010 g/mol. The van der Waals surface area contributed by atoms with Gasteiger partial charge in [0.15, 0.2) is 5.58 Å². The van der Waals surface area contributed by atoms with E-state index in [0.29, 0.717) is 86.2 Å². The molecule has 0 aliphatic carbocycles. The van der Waals surface area contributed by atoms with Crippen LogP contribution in [0.3, 0.4) is 0 Å². The van der Waals surface area contributed by atoms with E-state index in [-0.39, 0.29) is 24.3 Å². The van der Waals surface area contributed by atoms with Crippen molar-refractivity contribution in [2.75, 3.05) is 88.4 Å². The van der Waals surface area contributed by atoms with Crippen LogP contribution in [0, 0.1) is 0 Å². The molecule has 0 spiro atoms. The number of imide groups is 1. The van der Waals surface area contributed by atoms with Gasteiger partial charge < -0.3 is 38.9 Å². The van der Waals surface area contributed by atoms with Crippen molar-refractivity contribution < 1.29 is 28.0 Å². The Morgan fingerprint density at radius 1 is 0.903 bits per heavy atom. The molecule has 6 heterocycles. The number of hydrogen-bond donors (Lipinski definition) is 3. The summed E-state index contributed by atoms with van der Waals surface area (Å²) in [5.74, 6) is 0.620. The minimum Gasteiger partial charge on any atom is -0.497 e. The van der Waals surface area contributed by atoms with Crippen LogP contribution in [0.1, 0.15) is 70.0 Å². The maximum atomic E-state index is 13.8. The number of oxazole rings is 1. The lowest BCUT2D eigenvalue weighted by Crippen LogP contribution is -2.53. The highest BCUT2D eigenvalue weighted by atomic mass is 79.9.